The lowest BCUT2D eigenvalue weighted by Crippen LogP contribution is -2.35. The Morgan fingerprint density at radius 3 is 2.53 bits per heavy atom. The van der Waals surface area contributed by atoms with E-state index in [2.05, 4.69) is 15.3 Å². The summed E-state index contributed by atoms with van der Waals surface area (Å²) in [7, 11) is 0. The van der Waals surface area contributed by atoms with Crippen LogP contribution in [0.1, 0.15) is 23.7 Å². The van der Waals surface area contributed by atoms with E-state index in [1.54, 1.807) is 0 Å². The summed E-state index contributed by atoms with van der Waals surface area (Å²) in [6, 6.07) is 1.29. The van der Waals surface area contributed by atoms with E-state index in [1.807, 2.05) is 0 Å². The first kappa shape index (κ1) is 13.5. The van der Waals surface area contributed by atoms with Crippen LogP contribution in [0.25, 0.3) is 0 Å². The van der Waals surface area contributed by atoms with Gasteiger partial charge in [0.2, 0.25) is 5.91 Å². The maximum atomic E-state index is 11.2. The number of carboxylic acid groups (broad SMARTS) is 1. The first-order valence-corrected chi connectivity index (χ1v) is 6.11. The summed E-state index contributed by atoms with van der Waals surface area (Å²) < 4.78 is 0. The second-order valence-electron chi connectivity index (χ2n) is 4.08. The summed E-state index contributed by atoms with van der Waals surface area (Å²) in [5.41, 5.74) is 0.319. The van der Waals surface area contributed by atoms with Gasteiger partial charge in [-0.1, -0.05) is 11.6 Å². The molecule has 19 heavy (non-hydrogen) atoms. The van der Waals surface area contributed by atoms with Crippen LogP contribution < -0.4 is 16.0 Å². The van der Waals surface area contributed by atoms with Crippen molar-refractivity contribution < 1.29 is 14.7 Å². The molecule has 1 aliphatic rings. The van der Waals surface area contributed by atoms with E-state index < -0.39 is 5.97 Å². The zero-order valence-electron chi connectivity index (χ0n) is 10.2. The van der Waals surface area contributed by atoms with Crippen molar-refractivity contribution in [1.82, 2.24) is 0 Å². The molecule has 7 heteroatoms. The Morgan fingerprint density at radius 1 is 1.32 bits per heavy atom. The minimum Gasteiger partial charge on any atom is -0.478 e. The molecule has 0 fully saturated rings. The lowest BCUT2D eigenvalue weighted by molar-refractivity contribution is -0.114. The molecular formula is C12H12ClN3O3. The first-order chi connectivity index (χ1) is 9.00. The molecule has 6 nitrogen and oxygen atoms in total. The van der Waals surface area contributed by atoms with Crippen molar-refractivity contribution in [2.24, 2.45) is 9.98 Å². The molecule has 0 unspecified atom stereocenters. The molecule has 1 aliphatic heterocycles. The monoisotopic (exact) mass is 281 g/mol. The second-order valence-corrected chi connectivity index (χ2v) is 4.49. The third-order valence-corrected chi connectivity index (χ3v) is 2.91. The van der Waals surface area contributed by atoms with Gasteiger partial charge in [-0.3, -0.25) is 14.8 Å². The van der Waals surface area contributed by atoms with Crippen LogP contribution in [0.4, 0.5) is 5.69 Å². The van der Waals surface area contributed by atoms with Gasteiger partial charge in [0.05, 0.1) is 21.6 Å². The number of carbonyl (C=O) groups excluding carboxylic acids is 1. The Morgan fingerprint density at radius 2 is 1.95 bits per heavy atom. The number of fused-ring (bicyclic) bond motifs is 1. The maximum Gasteiger partial charge on any atom is 0.338 e. The molecule has 0 saturated heterocycles. The molecule has 1 aromatic carbocycles. The Hall–Kier alpha value is -1.95. The zero-order valence-corrected chi connectivity index (χ0v) is 11.0. The average molecular weight is 282 g/mol. The highest BCUT2D eigenvalue weighted by Gasteiger charge is 2.16. The summed E-state index contributed by atoms with van der Waals surface area (Å²) in [6.07, 6.45) is 0.727. The molecule has 0 saturated carbocycles. The van der Waals surface area contributed by atoms with Crippen LogP contribution in [-0.4, -0.2) is 30.1 Å². The summed E-state index contributed by atoms with van der Waals surface area (Å²) in [5.74, 6) is -1.42. The molecule has 1 amide bonds. The van der Waals surface area contributed by atoms with Crippen molar-refractivity contribution in [3.63, 3.8) is 0 Å². The van der Waals surface area contributed by atoms with Crippen molar-refractivity contribution in [3.8, 4) is 0 Å². The van der Waals surface area contributed by atoms with E-state index in [0.717, 1.165) is 6.42 Å². The molecule has 100 valence electrons. The fourth-order valence-electron chi connectivity index (χ4n) is 1.85. The number of halogens is 1. The molecule has 0 spiro atoms. The molecule has 2 N–H and O–H groups in total. The lowest BCUT2D eigenvalue weighted by Gasteiger charge is -2.07. The van der Waals surface area contributed by atoms with Crippen LogP contribution in [0.15, 0.2) is 16.1 Å². The number of hydrogen-bond acceptors (Lipinski definition) is 4. The van der Waals surface area contributed by atoms with Crippen molar-refractivity contribution in [2.75, 3.05) is 18.4 Å². The lowest BCUT2D eigenvalue weighted by atomic mass is 10.1. The van der Waals surface area contributed by atoms with Crippen molar-refractivity contribution in [3.05, 3.63) is 27.4 Å². The first-order valence-electron chi connectivity index (χ1n) is 5.73. The number of anilines is 1. The van der Waals surface area contributed by atoms with Crippen LogP contribution in [0.2, 0.25) is 5.02 Å². The van der Waals surface area contributed by atoms with Crippen LogP contribution in [0.3, 0.4) is 0 Å². The predicted molar refractivity (Wildman–Crippen MR) is 69.4 cm³/mol. The predicted octanol–water partition coefficient (Wildman–Crippen LogP) is 0.639. The molecule has 1 heterocycles. The summed E-state index contributed by atoms with van der Waals surface area (Å²) in [6.45, 7) is 2.36. The number of aromatic carboxylic acids is 1. The van der Waals surface area contributed by atoms with Gasteiger partial charge in [-0.15, -0.1) is 0 Å². The van der Waals surface area contributed by atoms with Gasteiger partial charge in [-0.05, 0) is 12.5 Å². The topological polar surface area (TPSA) is 91.1 Å². The van der Waals surface area contributed by atoms with E-state index in [9.17, 15) is 14.7 Å². The van der Waals surface area contributed by atoms with Crippen LogP contribution in [0, 0.1) is 0 Å². The normalized spacial score (nSPS) is 13.6. The highest BCUT2D eigenvalue weighted by Crippen LogP contribution is 2.17. The van der Waals surface area contributed by atoms with Gasteiger partial charge >= 0.3 is 5.97 Å². The molecule has 0 aromatic heterocycles. The molecule has 1 aromatic rings. The van der Waals surface area contributed by atoms with Gasteiger partial charge in [0.1, 0.15) is 5.36 Å². The number of amides is 1. The van der Waals surface area contributed by atoms with E-state index >= 15 is 0 Å². The van der Waals surface area contributed by atoms with E-state index in [4.69, 9.17) is 11.6 Å². The Kier molecular flexibility index (Phi) is 3.80. The van der Waals surface area contributed by atoms with E-state index in [0.29, 0.717) is 24.1 Å². The number of nitrogens with one attached hydrogen (secondary N) is 1. The zero-order chi connectivity index (χ0) is 14.0. The Balaban J connectivity index is 2.83. The summed E-state index contributed by atoms with van der Waals surface area (Å²) in [4.78, 5) is 30.9. The fraction of sp³-hybridized carbons (Fsp3) is 0.333. The summed E-state index contributed by atoms with van der Waals surface area (Å²) >= 11 is 6.03. The second kappa shape index (κ2) is 5.36. The van der Waals surface area contributed by atoms with Crippen molar-refractivity contribution in [1.29, 1.82) is 0 Å². The average Bonchev–Trinajstić information content (AvgIpc) is 2.57. The largest absolute Gasteiger partial charge is 0.478 e. The summed E-state index contributed by atoms with van der Waals surface area (Å²) in [5, 5.41) is 12.5. The highest BCUT2D eigenvalue weighted by molar-refractivity contribution is 6.34. The minimum atomic E-state index is -1.12. The quantitative estimate of drug-likeness (QED) is 0.833. The number of carbonyl (C=O) groups is 2. The fourth-order valence-corrected chi connectivity index (χ4v) is 2.10. The standard InChI is InChI=1S/C12H12ClN3O3/c1-6(17)16-10-8(13)5-7(12(18)19)9-11(10)15-4-2-3-14-9/h5H,2-4H2,1H3,(H,16,17)(H,18,19). The van der Waals surface area contributed by atoms with E-state index in [1.165, 1.54) is 13.0 Å². The van der Waals surface area contributed by atoms with Gasteiger partial charge in [0, 0.05) is 20.0 Å². The minimum absolute atomic E-state index is 0.000230. The van der Waals surface area contributed by atoms with Crippen LogP contribution >= 0.6 is 11.6 Å². The Labute approximate surface area is 113 Å². The molecule has 0 bridgehead atoms. The number of nitrogens with zero attached hydrogens (tertiary/aromatic N) is 2. The van der Waals surface area contributed by atoms with Crippen molar-refractivity contribution >= 4 is 29.2 Å². The van der Waals surface area contributed by atoms with Gasteiger partial charge in [-0.2, -0.15) is 0 Å². The third-order valence-electron chi connectivity index (χ3n) is 2.61. The highest BCUT2D eigenvalue weighted by atomic mass is 35.5. The van der Waals surface area contributed by atoms with Gasteiger partial charge < -0.3 is 10.4 Å². The van der Waals surface area contributed by atoms with E-state index in [-0.39, 0.29) is 21.9 Å². The third kappa shape index (κ3) is 2.73. The van der Waals surface area contributed by atoms with Gasteiger partial charge in [-0.25, -0.2) is 4.79 Å². The molecular weight excluding hydrogens is 270 g/mol. The van der Waals surface area contributed by atoms with Gasteiger partial charge in [0.25, 0.3) is 0 Å². The molecule has 2 rings (SSSR count). The molecule has 0 atom stereocenters. The molecule has 0 aliphatic carbocycles. The number of carboxylic acids is 1. The Bertz CT molecular complexity index is 670. The number of benzene rings is 1. The number of rotatable bonds is 2. The maximum absolute atomic E-state index is 11.2. The van der Waals surface area contributed by atoms with Crippen LogP contribution in [0.5, 0.6) is 0 Å². The van der Waals surface area contributed by atoms with Crippen molar-refractivity contribution in [2.45, 2.75) is 13.3 Å². The van der Waals surface area contributed by atoms with Gasteiger partial charge in [0.15, 0.2) is 0 Å². The van der Waals surface area contributed by atoms with Crippen LogP contribution in [-0.2, 0) is 4.79 Å². The SMILES string of the molecule is CC(=O)Nc1c(Cl)cc(C(=O)O)c2c1=NCCCN=2. The smallest absolute Gasteiger partial charge is 0.338 e. The molecule has 0 radical (unpaired) electrons. The number of hydrogen-bond donors (Lipinski definition) is 2.